The summed E-state index contributed by atoms with van der Waals surface area (Å²) in [6, 6.07) is 4.13. The van der Waals surface area contributed by atoms with Crippen molar-refractivity contribution in [2.75, 3.05) is 6.54 Å². The molecule has 0 saturated carbocycles. The van der Waals surface area contributed by atoms with Crippen molar-refractivity contribution < 1.29 is 4.42 Å². The molecule has 86 valence electrons. The maximum atomic E-state index is 5.32. The highest BCUT2D eigenvalue weighted by atomic mass is 127. The largest absolute Gasteiger partial charge is 0.468 e. The second kappa shape index (κ2) is 5.49. The molecule has 16 heavy (non-hydrogen) atoms. The quantitative estimate of drug-likeness (QED) is 0.856. The Bertz CT molecular complexity index is 424. The molecule has 5 heteroatoms. The number of furan rings is 1. The van der Waals surface area contributed by atoms with Crippen LogP contribution < -0.4 is 5.32 Å². The zero-order valence-corrected chi connectivity index (χ0v) is 11.2. The molecule has 0 aliphatic carbocycles. The summed E-state index contributed by atoms with van der Waals surface area (Å²) in [5, 5.41) is 7.61. The van der Waals surface area contributed by atoms with Crippen molar-refractivity contribution in [1.29, 1.82) is 0 Å². The van der Waals surface area contributed by atoms with Crippen LogP contribution in [0.5, 0.6) is 0 Å². The van der Waals surface area contributed by atoms with Gasteiger partial charge in [-0.3, -0.25) is 4.68 Å². The van der Waals surface area contributed by atoms with Gasteiger partial charge >= 0.3 is 0 Å². The fraction of sp³-hybridized carbons (Fsp3) is 0.364. The van der Waals surface area contributed by atoms with Gasteiger partial charge in [0.2, 0.25) is 0 Å². The van der Waals surface area contributed by atoms with Gasteiger partial charge in [0.05, 0.1) is 28.6 Å². The van der Waals surface area contributed by atoms with Crippen molar-refractivity contribution in [3.05, 3.63) is 40.1 Å². The predicted octanol–water partition coefficient (Wildman–Crippen LogP) is 2.43. The molecule has 4 nitrogen and oxygen atoms in total. The van der Waals surface area contributed by atoms with E-state index in [-0.39, 0.29) is 6.04 Å². The molecule has 1 unspecified atom stereocenters. The Morgan fingerprint density at radius 3 is 3.12 bits per heavy atom. The molecule has 2 aromatic rings. The lowest BCUT2D eigenvalue weighted by molar-refractivity contribution is 0.419. The van der Waals surface area contributed by atoms with Crippen LogP contribution in [-0.4, -0.2) is 16.3 Å². The number of hydrogen-bond donors (Lipinski definition) is 1. The minimum absolute atomic E-state index is 0.240. The van der Waals surface area contributed by atoms with Crippen LogP contribution >= 0.6 is 22.6 Å². The summed E-state index contributed by atoms with van der Waals surface area (Å²) in [6.45, 7) is 3.83. The summed E-state index contributed by atoms with van der Waals surface area (Å²) in [7, 11) is 0. The van der Waals surface area contributed by atoms with Gasteiger partial charge in [-0.25, -0.2) is 0 Å². The standard InChI is InChI=1S/C11H14IN3O/c1-9(11-3-2-6-16-11)13-4-5-15-8-10(12)7-14-15/h2-3,6-9,13H,4-5H2,1H3. The van der Waals surface area contributed by atoms with Gasteiger partial charge in [0.15, 0.2) is 0 Å². The zero-order chi connectivity index (χ0) is 11.4. The lowest BCUT2D eigenvalue weighted by Gasteiger charge is -2.10. The molecule has 0 bridgehead atoms. The van der Waals surface area contributed by atoms with E-state index in [4.69, 9.17) is 4.42 Å². The van der Waals surface area contributed by atoms with Crippen LogP contribution in [0, 0.1) is 3.57 Å². The van der Waals surface area contributed by atoms with Crippen LogP contribution in [0.3, 0.4) is 0 Å². The van der Waals surface area contributed by atoms with E-state index in [2.05, 4.69) is 39.9 Å². The topological polar surface area (TPSA) is 43.0 Å². The van der Waals surface area contributed by atoms with Crippen molar-refractivity contribution in [3.8, 4) is 0 Å². The molecule has 0 radical (unpaired) electrons. The Labute approximate surface area is 108 Å². The molecule has 0 aliphatic rings. The van der Waals surface area contributed by atoms with E-state index in [1.54, 1.807) is 6.26 Å². The van der Waals surface area contributed by atoms with E-state index in [0.717, 1.165) is 22.4 Å². The van der Waals surface area contributed by atoms with Crippen molar-refractivity contribution in [2.45, 2.75) is 19.5 Å². The lowest BCUT2D eigenvalue weighted by Crippen LogP contribution is -2.23. The van der Waals surface area contributed by atoms with E-state index >= 15 is 0 Å². The van der Waals surface area contributed by atoms with E-state index in [0.29, 0.717) is 0 Å². The highest BCUT2D eigenvalue weighted by Crippen LogP contribution is 2.11. The van der Waals surface area contributed by atoms with Crippen LogP contribution in [0.4, 0.5) is 0 Å². The number of halogens is 1. The van der Waals surface area contributed by atoms with Crippen LogP contribution in [0.1, 0.15) is 18.7 Å². The molecule has 2 aromatic heterocycles. The average Bonchev–Trinajstić information content (AvgIpc) is 2.89. The average molecular weight is 331 g/mol. The fourth-order valence-corrected chi connectivity index (χ4v) is 1.94. The Morgan fingerprint density at radius 2 is 2.50 bits per heavy atom. The third-order valence-electron chi connectivity index (χ3n) is 2.36. The third-order valence-corrected chi connectivity index (χ3v) is 2.92. The number of nitrogens with zero attached hydrogens (tertiary/aromatic N) is 2. The van der Waals surface area contributed by atoms with Crippen molar-refractivity contribution in [3.63, 3.8) is 0 Å². The van der Waals surface area contributed by atoms with Gasteiger partial charge in [-0.15, -0.1) is 0 Å². The monoisotopic (exact) mass is 331 g/mol. The Hall–Kier alpha value is -0.820. The first-order valence-corrected chi connectivity index (χ1v) is 6.28. The summed E-state index contributed by atoms with van der Waals surface area (Å²) >= 11 is 2.26. The molecule has 0 fully saturated rings. The molecular weight excluding hydrogens is 317 g/mol. The fourth-order valence-electron chi connectivity index (χ4n) is 1.49. The van der Waals surface area contributed by atoms with Gasteiger partial charge in [-0.05, 0) is 41.6 Å². The number of nitrogens with one attached hydrogen (secondary N) is 1. The predicted molar refractivity (Wildman–Crippen MR) is 70.1 cm³/mol. The van der Waals surface area contributed by atoms with Crippen LogP contribution in [0.15, 0.2) is 35.2 Å². The second-order valence-electron chi connectivity index (χ2n) is 3.61. The van der Waals surface area contributed by atoms with E-state index in [1.807, 2.05) is 29.2 Å². The minimum atomic E-state index is 0.240. The Balaban J connectivity index is 1.76. The van der Waals surface area contributed by atoms with Crippen LogP contribution in [-0.2, 0) is 6.54 Å². The van der Waals surface area contributed by atoms with Gasteiger partial charge in [0.1, 0.15) is 5.76 Å². The van der Waals surface area contributed by atoms with Crippen molar-refractivity contribution in [1.82, 2.24) is 15.1 Å². The van der Waals surface area contributed by atoms with Crippen molar-refractivity contribution >= 4 is 22.6 Å². The second-order valence-corrected chi connectivity index (χ2v) is 4.86. The molecule has 2 rings (SSSR count). The molecule has 0 aliphatic heterocycles. The molecule has 0 saturated heterocycles. The van der Waals surface area contributed by atoms with Gasteiger partial charge in [0.25, 0.3) is 0 Å². The van der Waals surface area contributed by atoms with E-state index in [9.17, 15) is 0 Å². The summed E-state index contributed by atoms with van der Waals surface area (Å²) in [4.78, 5) is 0. The first-order valence-electron chi connectivity index (χ1n) is 5.20. The SMILES string of the molecule is CC(NCCn1cc(I)cn1)c1ccco1. The van der Waals surface area contributed by atoms with Crippen LogP contribution in [0.2, 0.25) is 0 Å². The summed E-state index contributed by atoms with van der Waals surface area (Å²) in [6.07, 6.45) is 5.58. The first kappa shape index (κ1) is 11.7. The van der Waals surface area contributed by atoms with Gasteiger partial charge in [0, 0.05) is 12.7 Å². The maximum absolute atomic E-state index is 5.32. The summed E-state index contributed by atoms with van der Waals surface area (Å²) in [5.74, 6) is 0.968. The third kappa shape index (κ3) is 3.08. The molecule has 0 aromatic carbocycles. The molecule has 0 spiro atoms. The molecular formula is C11H14IN3O. The molecule has 1 atom stereocenters. The van der Waals surface area contributed by atoms with Crippen molar-refractivity contribution in [2.24, 2.45) is 0 Å². The smallest absolute Gasteiger partial charge is 0.120 e. The summed E-state index contributed by atoms with van der Waals surface area (Å²) < 4.78 is 8.41. The molecule has 1 N–H and O–H groups in total. The van der Waals surface area contributed by atoms with Gasteiger partial charge in [-0.2, -0.15) is 5.10 Å². The van der Waals surface area contributed by atoms with Gasteiger partial charge in [-0.1, -0.05) is 0 Å². The van der Waals surface area contributed by atoms with Gasteiger partial charge < -0.3 is 9.73 Å². The van der Waals surface area contributed by atoms with E-state index < -0.39 is 0 Å². The van der Waals surface area contributed by atoms with Crippen LogP contribution in [0.25, 0.3) is 0 Å². The zero-order valence-electron chi connectivity index (χ0n) is 9.06. The highest BCUT2D eigenvalue weighted by molar-refractivity contribution is 14.1. The van der Waals surface area contributed by atoms with E-state index in [1.165, 1.54) is 0 Å². The number of rotatable bonds is 5. The Kier molecular flexibility index (Phi) is 4.00. The highest BCUT2D eigenvalue weighted by Gasteiger charge is 2.06. The molecule has 2 heterocycles. The summed E-state index contributed by atoms with van der Waals surface area (Å²) in [5.41, 5.74) is 0. The number of hydrogen-bond acceptors (Lipinski definition) is 3. The minimum Gasteiger partial charge on any atom is -0.468 e. The first-order chi connectivity index (χ1) is 7.75. The Morgan fingerprint density at radius 1 is 1.62 bits per heavy atom. The maximum Gasteiger partial charge on any atom is 0.120 e. The number of aromatic nitrogens is 2. The normalized spacial score (nSPS) is 12.9. The molecule has 0 amide bonds. The lowest BCUT2D eigenvalue weighted by atomic mass is 10.2.